The predicted molar refractivity (Wildman–Crippen MR) is 135 cm³/mol. The number of hydrogen-bond donors (Lipinski definition) is 0. The minimum absolute atomic E-state index is 0.0725. The zero-order valence-electron chi connectivity index (χ0n) is 18.5. The predicted octanol–water partition coefficient (Wildman–Crippen LogP) is 5.17. The number of thiophene rings is 1. The second-order valence-corrected chi connectivity index (χ2v) is 12.1. The number of sulfonamides is 1. The summed E-state index contributed by atoms with van der Waals surface area (Å²) in [6.07, 6.45) is 1.38. The van der Waals surface area contributed by atoms with E-state index in [0.29, 0.717) is 37.4 Å². The lowest BCUT2D eigenvalue weighted by molar-refractivity contribution is -0.132. The van der Waals surface area contributed by atoms with E-state index in [2.05, 4.69) is 0 Å². The van der Waals surface area contributed by atoms with Crippen LogP contribution in [0.4, 0.5) is 0 Å². The van der Waals surface area contributed by atoms with Crippen molar-refractivity contribution in [3.63, 3.8) is 0 Å². The van der Waals surface area contributed by atoms with Gasteiger partial charge in [-0.2, -0.15) is 4.31 Å². The molecule has 0 N–H and O–H groups in total. The van der Waals surface area contributed by atoms with Gasteiger partial charge in [-0.05, 0) is 60.2 Å². The van der Waals surface area contributed by atoms with Crippen molar-refractivity contribution in [2.75, 3.05) is 13.3 Å². The minimum Gasteiger partial charge on any atom is -0.454 e. The molecule has 0 spiro atoms. The molecule has 1 saturated carbocycles. The Bertz CT molecular complexity index is 1340. The highest BCUT2D eigenvalue weighted by atomic mass is 35.5. The van der Waals surface area contributed by atoms with Gasteiger partial charge in [-0.25, -0.2) is 8.42 Å². The molecule has 0 atom stereocenters. The molecule has 0 radical (unpaired) electrons. The molecule has 1 amide bonds. The van der Waals surface area contributed by atoms with E-state index in [1.54, 1.807) is 16.2 Å². The van der Waals surface area contributed by atoms with Gasteiger partial charge in [0.1, 0.15) is 4.90 Å². The number of carbonyl (C=O) groups is 1. The summed E-state index contributed by atoms with van der Waals surface area (Å²) < 4.78 is 39.2. The Balaban J connectivity index is 1.41. The highest BCUT2D eigenvalue weighted by molar-refractivity contribution is 7.89. The Labute approximate surface area is 217 Å². The first-order chi connectivity index (χ1) is 16.8. The van der Waals surface area contributed by atoms with E-state index >= 15 is 0 Å². The van der Waals surface area contributed by atoms with Crippen molar-refractivity contribution in [1.82, 2.24) is 9.21 Å². The number of ether oxygens (including phenoxy) is 2. The van der Waals surface area contributed by atoms with Crippen LogP contribution in [0, 0.1) is 0 Å². The summed E-state index contributed by atoms with van der Waals surface area (Å²) in [5.74, 6) is 0.989. The van der Waals surface area contributed by atoms with Crippen LogP contribution in [0.15, 0.2) is 58.8 Å². The quantitative estimate of drug-likeness (QED) is 0.366. The summed E-state index contributed by atoms with van der Waals surface area (Å²) in [5.41, 5.74) is 0.859. The normalized spacial score (nSPS) is 14.9. The van der Waals surface area contributed by atoms with Crippen LogP contribution in [0.25, 0.3) is 0 Å². The number of fused-ring (bicyclic) bond motifs is 1. The van der Waals surface area contributed by atoms with E-state index in [1.807, 2.05) is 35.7 Å². The van der Waals surface area contributed by atoms with E-state index in [-0.39, 0.29) is 40.2 Å². The topological polar surface area (TPSA) is 76.2 Å². The standard InChI is InChI=1S/C24H22Cl2N2O5S2/c25-17-4-7-20(26)23(11-17)35(30,31)28(18-5-6-18)14-24(29)27(13-19-2-1-9-34-19)12-16-3-8-21-22(10-16)33-15-32-21/h1-4,7-11,18H,5-6,12-15H2. The molecule has 184 valence electrons. The van der Waals surface area contributed by atoms with Crippen LogP contribution in [0.2, 0.25) is 10.0 Å². The number of halogens is 2. The highest BCUT2D eigenvalue weighted by Gasteiger charge is 2.41. The van der Waals surface area contributed by atoms with E-state index in [1.165, 1.54) is 22.5 Å². The first kappa shape index (κ1) is 24.4. The monoisotopic (exact) mass is 552 g/mol. The minimum atomic E-state index is -4.03. The van der Waals surface area contributed by atoms with E-state index in [9.17, 15) is 13.2 Å². The van der Waals surface area contributed by atoms with Crippen LogP contribution in [-0.2, 0) is 27.9 Å². The Morgan fingerprint density at radius 2 is 1.83 bits per heavy atom. The van der Waals surface area contributed by atoms with Crippen molar-refractivity contribution < 1.29 is 22.7 Å². The number of rotatable bonds is 9. The Hall–Kier alpha value is -2.30. The average Bonchev–Trinajstić information content (AvgIpc) is 3.32. The van der Waals surface area contributed by atoms with Crippen LogP contribution in [-0.4, -0.2) is 42.9 Å². The van der Waals surface area contributed by atoms with Crippen molar-refractivity contribution in [3.8, 4) is 11.5 Å². The Morgan fingerprint density at radius 3 is 2.57 bits per heavy atom. The maximum Gasteiger partial charge on any atom is 0.245 e. The summed E-state index contributed by atoms with van der Waals surface area (Å²) in [6, 6.07) is 13.5. The summed E-state index contributed by atoms with van der Waals surface area (Å²) in [5, 5.41) is 2.28. The van der Waals surface area contributed by atoms with Gasteiger partial charge in [-0.1, -0.05) is 35.3 Å². The van der Waals surface area contributed by atoms with Crippen LogP contribution in [0.1, 0.15) is 23.3 Å². The first-order valence-electron chi connectivity index (χ1n) is 11.0. The number of carbonyl (C=O) groups excluding carboxylic acids is 1. The van der Waals surface area contributed by atoms with Gasteiger partial charge in [-0.3, -0.25) is 4.79 Å². The summed E-state index contributed by atoms with van der Waals surface area (Å²) in [6.45, 7) is 0.536. The second kappa shape index (κ2) is 9.99. The fraction of sp³-hybridized carbons (Fsp3) is 0.292. The summed E-state index contributed by atoms with van der Waals surface area (Å²) in [7, 11) is -4.03. The van der Waals surface area contributed by atoms with E-state index in [0.717, 1.165) is 10.4 Å². The molecule has 2 aromatic carbocycles. The van der Waals surface area contributed by atoms with Crippen molar-refractivity contribution in [2.45, 2.75) is 36.9 Å². The largest absolute Gasteiger partial charge is 0.454 e. The van der Waals surface area contributed by atoms with Crippen LogP contribution >= 0.6 is 34.5 Å². The zero-order valence-corrected chi connectivity index (χ0v) is 21.7. The van der Waals surface area contributed by atoms with Crippen molar-refractivity contribution in [2.24, 2.45) is 0 Å². The molecule has 2 aliphatic rings. The fourth-order valence-electron chi connectivity index (χ4n) is 3.89. The third-order valence-electron chi connectivity index (χ3n) is 5.82. The van der Waals surface area contributed by atoms with Crippen molar-refractivity contribution >= 4 is 50.5 Å². The molecule has 0 bridgehead atoms. The van der Waals surface area contributed by atoms with Crippen molar-refractivity contribution in [3.05, 3.63) is 74.4 Å². The van der Waals surface area contributed by atoms with E-state index in [4.69, 9.17) is 32.7 Å². The lowest BCUT2D eigenvalue weighted by atomic mass is 10.2. The smallest absolute Gasteiger partial charge is 0.245 e. The molecule has 5 rings (SSSR count). The SMILES string of the molecule is O=C(CN(C1CC1)S(=O)(=O)c1cc(Cl)ccc1Cl)N(Cc1ccc2c(c1)OCO2)Cc1cccs1. The van der Waals surface area contributed by atoms with Gasteiger partial charge in [0, 0.05) is 22.5 Å². The highest BCUT2D eigenvalue weighted by Crippen LogP contribution is 2.36. The molecule has 11 heteroatoms. The molecule has 7 nitrogen and oxygen atoms in total. The number of nitrogens with zero attached hydrogens (tertiary/aromatic N) is 2. The maximum atomic E-state index is 13.6. The molecule has 1 aliphatic heterocycles. The Kier molecular flexibility index (Phi) is 6.96. The molecule has 1 aromatic heterocycles. The van der Waals surface area contributed by atoms with Gasteiger partial charge in [0.15, 0.2) is 11.5 Å². The Morgan fingerprint density at radius 1 is 1.03 bits per heavy atom. The molecular weight excluding hydrogens is 531 g/mol. The van der Waals surface area contributed by atoms with Crippen LogP contribution in [0.3, 0.4) is 0 Å². The second-order valence-electron chi connectivity index (χ2n) is 8.37. The molecular formula is C24H22Cl2N2O5S2. The number of hydrogen-bond acceptors (Lipinski definition) is 6. The third-order valence-corrected chi connectivity index (χ3v) is 9.29. The van der Waals surface area contributed by atoms with Crippen LogP contribution < -0.4 is 9.47 Å². The molecule has 35 heavy (non-hydrogen) atoms. The van der Waals surface area contributed by atoms with Gasteiger partial charge in [0.25, 0.3) is 0 Å². The lowest BCUT2D eigenvalue weighted by Gasteiger charge is -2.27. The number of benzene rings is 2. The van der Waals surface area contributed by atoms with Gasteiger partial charge in [-0.15, -0.1) is 11.3 Å². The molecule has 1 fully saturated rings. The van der Waals surface area contributed by atoms with Crippen LogP contribution in [0.5, 0.6) is 11.5 Å². The first-order valence-corrected chi connectivity index (χ1v) is 14.0. The van der Waals surface area contributed by atoms with Gasteiger partial charge in [0.05, 0.1) is 18.1 Å². The van der Waals surface area contributed by atoms with Gasteiger partial charge in [0.2, 0.25) is 22.7 Å². The molecule has 3 aromatic rings. The lowest BCUT2D eigenvalue weighted by Crippen LogP contribution is -2.43. The molecule has 2 heterocycles. The van der Waals surface area contributed by atoms with E-state index < -0.39 is 10.0 Å². The average molecular weight is 553 g/mol. The summed E-state index contributed by atoms with van der Waals surface area (Å²) in [4.78, 5) is 16.2. The third kappa shape index (κ3) is 5.44. The molecule has 0 unspecified atom stereocenters. The fourth-order valence-corrected chi connectivity index (χ4v) is 6.98. The number of amides is 1. The van der Waals surface area contributed by atoms with Crippen molar-refractivity contribution in [1.29, 1.82) is 0 Å². The maximum absolute atomic E-state index is 13.6. The molecule has 0 saturated heterocycles. The zero-order chi connectivity index (χ0) is 24.6. The molecule has 1 aliphatic carbocycles. The van der Waals surface area contributed by atoms with Gasteiger partial charge < -0.3 is 14.4 Å². The summed E-state index contributed by atoms with van der Waals surface area (Å²) >= 11 is 13.8. The van der Waals surface area contributed by atoms with Gasteiger partial charge >= 0.3 is 0 Å².